The number of fused-ring (bicyclic) bond motifs is 1. The van der Waals surface area contributed by atoms with E-state index in [2.05, 4.69) is 0 Å². The van der Waals surface area contributed by atoms with Gasteiger partial charge in [-0.2, -0.15) is 0 Å². The fourth-order valence-electron chi connectivity index (χ4n) is 3.66. The molecule has 0 aliphatic carbocycles. The normalized spacial score (nSPS) is 16.5. The van der Waals surface area contributed by atoms with Crippen LogP contribution in [0.25, 0.3) is 22.3 Å². The molecule has 28 heavy (non-hydrogen) atoms. The Balaban J connectivity index is 1.84. The first-order chi connectivity index (χ1) is 13.5. The summed E-state index contributed by atoms with van der Waals surface area (Å²) < 4.78 is 6.08. The number of rotatable bonds is 3. The molecule has 0 bridgehead atoms. The van der Waals surface area contributed by atoms with Gasteiger partial charge in [-0.3, -0.25) is 14.4 Å². The van der Waals surface area contributed by atoms with Crippen LogP contribution < -0.4 is 5.43 Å². The van der Waals surface area contributed by atoms with Crippen molar-refractivity contribution < 1.29 is 19.1 Å². The summed E-state index contributed by atoms with van der Waals surface area (Å²) in [6.45, 7) is 2.24. The van der Waals surface area contributed by atoms with Gasteiger partial charge in [-0.25, -0.2) is 0 Å². The number of aliphatic carboxylic acids is 1. The minimum atomic E-state index is -0.901. The molecule has 1 aromatic heterocycles. The van der Waals surface area contributed by atoms with E-state index in [1.807, 2.05) is 30.3 Å². The van der Waals surface area contributed by atoms with Crippen molar-refractivity contribution in [2.24, 2.45) is 5.92 Å². The maximum Gasteiger partial charge on any atom is 0.308 e. The lowest BCUT2D eigenvalue weighted by Crippen LogP contribution is -2.30. The van der Waals surface area contributed by atoms with E-state index in [9.17, 15) is 19.5 Å². The number of likely N-dealkylation sites (tertiary alicyclic amines) is 1. The van der Waals surface area contributed by atoms with Crippen molar-refractivity contribution in [1.29, 1.82) is 0 Å². The van der Waals surface area contributed by atoms with Gasteiger partial charge in [0.2, 0.25) is 0 Å². The van der Waals surface area contributed by atoms with Crippen LogP contribution in [0.5, 0.6) is 0 Å². The van der Waals surface area contributed by atoms with Gasteiger partial charge in [0.15, 0.2) is 11.0 Å². The average Bonchev–Trinajstić information content (AvgIpc) is 3.21. The predicted octanol–water partition coefficient (Wildman–Crippen LogP) is 3.32. The fourth-order valence-corrected chi connectivity index (χ4v) is 3.66. The third kappa shape index (κ3) is 2.97. The Bertz CT molecular complexity index is 1130. The van der Waals surface area contributed by atoms with Gasteiger partial charge in [0.1, 0.15) is 5.76 Å². The van der Waals surface area contributed by atoms with Crippen molar-refractivity contribution in [3.8, 4) is 11.3 Å². The van der Waals surface area contributed by atoms with Crippen molar-refractivity contribution in [3.63, 3.8) is 0 Å². The standard InChI is InChI=1S/C22H19NO5/c1-13-18(24)16-8-5-9-17(21(25)23-11-10-15(12-23)22(26)27)20(16)28-19(13)14-6-3-2-4-7-14/h2-9,15H,10-12H2,1H3,(H,26,27)/t15-/m0/s1. The largest absolute Gasteiger partial charge is 0.481 e. The van der Waals surface area contributed by atoms with E-state index in [0.29, 0.717) is 29.7 Å². The quantitative estimate of drug-likeness (QED) is 0.757. The number of nitrogens with zero attached hydrogens (tertiary/aromatic N) is 1. The highest BCUT2D eigenvalue weighted by molar-refractivity contribution is 6.05. The molecule has 1 amide bonds. The number of carbonyl (C=O) groups excluding carboxylic acids is 1. The van der Waals surface area contributed by atoms with Gasteiger partial charge in [0.05, 0.1) is 16.9 Å². The molecule has 1 aliphatic heterocycles. The summed E-state index contributed by atoms with van der Waals surface area (Å²) in [4.78, 5) is 38.7. The molecule has 1 aliphatic rings. The molecule has 6 heteroatoms. The molecular weight excluding hydrogens is 358 g/mol. The summed E-state index contributed by atoms with van der Waals surface area (Å²) in [6, 6.07) is 14.2. The molecule has 6 nitrogen and oxygen atoms in total. The molecule has 0 unspecified atom stereocenters. The first-order valence-corrected chi connectivity index (χ1v) is 9.11. The Kier molecular flexibility index (Phi) is 4.47. The number of carboxylic acids is 1. The summed E-state index contributed by atoms with van der Waals surface area (Å²) in [5.74, 6) is -1.35. The Hall–Kier alpha value is -3.41. The summed E-state index contributed by atoms with van der Waals surface area (Å²) >= 11 is 0. The number of carbonyl (C=O) groups is 2. The van der Waals surface area contributed by atoms with Gasteiger partial charge in [0.25, 0.3) is 5.91 Å². The first-order valence-electron chi connectivity index (χ1n) is 9.11. The Morgan fingerprint density at radius 1 is 1.11 bits per heavy atom. The summed E-state index contributed by atoms with van der Waals surface area (Å²) in [7, 11) is 0. The molecule has 2 heterocycles. The van der Waals surface area contributed by atoms with E-state index in [-0.39, 0.29) is 29.0 Å². The molecule has 0 saturated carbocycles. The van der Waals surface area contributed by atoms with E-state index in [4.69, 9.17) is 4.42 Å². The Morgan fingerprint density at radius 3 is 2.54 bits per heavy atom. The lowest BCUT2D eigenvalue weighted by atomic mass is 10.0. The molecule has 0 spiro atoms. The summed E-state index contributed by atoms with van der Waals surface area (Å²) in [5.41, 5.74) is 1.57. The lowest BCUT2D eigenvalue weighted by molar-refractivity contribution is -0.141. The van der Waals surface area contributed by atoms with E-state index in [0.717, 1.165) is 5.56 Å². The van der Waals surface area contributed by atoms with Crippen LogP contribution in [0, 0.1) is 12.8 Å². The molecule has 1 atom stereocenters. The van der Waals surface area contributed by atoms with E-state index in [1.54, 1.807) is 25.1 Å². The van der Waals surface area contributed by atoms with Gasteiger partial charge in [-0.05, 0) is 25.5 Å². The smallest absolute Gasteiger partial charge is 0.308 e. The highest BCUT2D eigenvalue weighted by Crippen LogP contribution is 2.28. The minimum absolute atomic E-state index is 0.159. The highest BCUT2D eigenvalue weighted by Gasteiger charge is 2.32. The van der Waals surface area contributed by atoms with Crippen LogP contribution in [0.1, 0.15) is 22.3 Å². The highest BCUT2D eigenvalue weighted by atomic mass is 16.4. The van der Waals surface area contributed by atoms with Crippen LogP contribution in [0.3, 0.4) is 0 Å². The van der Waals surface area contributed by atoms with E-state index in [1.165, 1.54) is 4.90 Å². The second kappa shape index (κ2) is 6.96. The van der Waals surface area contributed by atoms with Crippen LogP contribution in [-0.2, 0) is 4.79 Å². The number of carboxylic acid groups (broad SMARTS) is 1. The fraction of sp³-hybridized carbons (Fsp3) is 0.227. The van der Waals surface area contributed by atoms with Gasteiger partial charge in [-0.1, -0.05) is 36.4 Å². The van der Waals surface area contributed by atoms with Gasteiger partial charge in [0, 0.05) is 24.2 Å². The second-order valence-corrected chi connectivity index (χ2v) is 7.01. The molecule has 1 saturated heterocycles. The zero-order chi connectivity index (χ0) is 19.8. The molecule has 3 aromatic rings. The zero-order valence-corrected chi connectivity index (χ0v) is 15.3. The van der Waals surface area contributed by atoms with Crippen molar-refractivity contribution in [1.82, 2.24) is 4.90 Å². The molecular formula is C22H19NO5. The Morgan fingerprint density at radius 2 is 1.86 bits per heavy atom. The molecule has 0 radical (unpaired) electrons. The van der Waals surface area contributed by atoms with Crippen LogP contribution in [0.15, 0.2) is 57.7 Å². The van der Waals surface area contributed by atoms with Gasteiger partial charge < -0.3 is 14.4 Å². The number of benzene rings is 2. The van der Waals surface area contributed by atoms with E-state index >= 15 is 0 Å². The third-order valence-electron chi connectivity index (χ3n) is 5.24. The zero-order valence-electron chi connectivity index (χ0n) is 15.3. The number of hydrogen-bond donors (Lipinski definition) is 1. The maximum absolute atomic E-state index is 13.0. The van der Waals surface area contributed by atoms with E-state index < -0.39 is 11.9 Å². The van der Waals surface area contributed by atoms with Crippen LogP contribution >= 0.6 is 0 Å². The van der Waals surface area contributed by atoms with Crippen LogP contribution in [-0.4, -0.2) is 35.0 Å². The van der Waals surface area contributed by atoms with Crippen molar-refractivity contribution in [3.05, 3.63) is 69.9 Å². The summed E-state index contributed by atoms with van der Waals surface area (Å²) in [5, 5.41) is 9.53. The Labute approximate surface area is 161 Å². The predicted molar refractivity (Wildman–Crippen MR) is 104 cm³/mol. The second-order valence-electron chi connectivity index (χ2n) is 7.01. The topological polar surface area (TPSA) is 87.8 Å². The van der Waals surface area contributed by atoms with Crippen LogP contribution in [0.4, 0.5) is 0 Å². The monoisotopic (exact) mass is 377 g/mol. The van der Waals surface area contributed by atoms with Crippen molar-refractivity contribution in [2.45, 2.75) is 13.3 Å². The molecule has 2 aromatic carbocycles. The van der Waals surface area contributed by atoms with Crippen molar-refractivity contribution in [2.75, 3.05) is 13.1 Å². The maximum atomic E-state index is 13.0. The SMILES string of the molecule is Cc1c(-c2ccccc2)oc2c(C(=O)N3CC[C@H](C(=O)O)C3)cccc2c1=O. The minimum Gasteiger partial charge on any atom is -0.481 e. The molecule has 1 fully saturated rings. The number of para-hydroxylation sites is 1. The number of hydrogen-bond acceptors (Lipinski definition) is 4. The summed E-state index contributed by atoms with van der Waals surface area (Å²) in [6.07, 6.45) is 0.421. The van der Waals surface area contributed by atoms with Gasteiger partial charge in [-0.15, -0.1) is 0 Å². The number of amides is 1. The van der Waals surface area contributed by atoms with Crippen molar-refractivity contribution >= 4 is 22.8 Å². The molecule has 1 N–H and O–H groups in total. The lowest BCUT2D eigenvalue weighted by Gasteiger charge is -2.17. The molecule has 142 valence electrons. The average molecular weight is 377 g/mol. The first kappa shape index (κ1) is 18.0. The third-order valence-corrected chi connectivity index (χ3v) is 5.24. The van der Waals surface area contributed by atoms with Crippen LogP contribution in [0.2, 0.25) is 0 Å². The van der Waals surface area contributed by atoms with Gasteiger partial charge >= 0.3 is 5.97 Å². The molecule has 4 rings (SSSR count).